The largest absolute Gasteiger partial charge is 0.396 e. The zero-order valence-electron chi connectivity index (χ0n) is 11.4. The maximum absolute atomic E-state index is 12.2. The lowest BCUT2D eigenvalue weighted by atomic mass is 9.99. The molecule has 0 saturated heterocycles. The van der Waals surface area contributed by atoms with Crippen LogP contribution in [0.25, 0.3) is 0 Å². The quantitative estimate of drug-likeness (QED) is 0.601. The molecule has 6 nitrogen and oxygen atoms in total. The van der Waals surface area contributed by atoms with Gasteiger partial charge in [-0.05, 0) is 12.3 Å². The first-order valence-corrected chi connectivity index (χ1v) is 6.77. The number of aliphatic hydroxyl groups excluding tert-OH is 1. The molecule has 1 aromatic rings. The van der Waals surface area contributed by atoms with E-state index in [-0.39, 0.29) is 24.6 Å². The first-order chi connectivity index (χ1) is 9.11. The summed E-state index contributed by atoms with van der Waals surface area (Å²) in [4.78, 5) is 19.5. The number of imidazole rings is 1. The van der Waals surface area contributed by atoms with Gasteiger partial charge in [0.1, 0.15) is 0 Å². The van der Waals surface area contributed by atoms with E-state index in [1.807, 2.05) is 13.8 Å². The van der Waals surface area contributed by atoms with Crippen LogP contribution in [0.5, 0.6) is 0 Å². The van der Waals surface area contributed by atoms with E-state index in [0.717, 1.165) is 11.4 Å². The normalized spacial score (nSPS) is 20.1. The fourth-order valence-electron chi connectivity index (χ4n) is 2.35. The van der Waals surface area contributed by atoms with Crippen LogP contribution in [-0.2, 0) is 17.8 Å². The zero-order valence-corrected chi connectivity index (χ0v) is 11.4. The third kappa shape index (κ3) is 3.33. The lowest BCUT2D eigenvalue weighted by molar-refractivity contribution is -0.124. The van der Waals surface area contributed by atoms with Crippen LogP contribution in [0.1, 0.15) is 31.7 Å². The number of carbonyl (C=O) groups excluding carboxylic acids is 1. The molecule has 1 aliphatic rings. The van der Waals surface area contributed by atoms with Crippen molar-refractivity contribution in [3.8, 4) is 0 Å². The highest BCUT2D eigenvalue weighted by Gasteiger charge is 2.27. The molecule has 0 aliphatic carbocycles. The van der Waals surface area contributed by atoms with Crippen LogP contribution in [0, 0.1) is 5.92 Å². The predicted molar refractivity (Wildman–Crippen MR) is 71.4 cm³/mol. The van der Waals surface area contributed by atoms with Crippen LogP contribution in [0.2, 0.25) is 0 Å². The average molecular weight is 266 g/mol. The Morgan fingerprint density at radius 1 is 1.63 bits per heavy atom. The molecule has 106 valence electrons. The summed E-state index contributed by atoms with van der Waals surface area (Å²) in [5, 5.41) is 15.2. The minimum absolute atomic E-state index is 0.0131. The zero-order chi connectivity index (χ0) is 13.8. The molecule has 6 heteroatoms. The van der Waals surface area contributed by atoms with Crippen LogP contribution >= 0.6 is 0 Å². The average Bonchev–Trinajstić information content (AvgIpc) is 2.85. The topological polar surface area (TPSA) is 90.0 Å². The number of aromatic nitrogens is 2. The molecule has 0 spiro atoms. The molecular formula is C13H22N4O2. The number of nitrogens with one attached hydrogen (secondary N) is 3. The Morgan fingerprint density at radius 3 is 3.11 bits per heavy atom. The monoisotopic (exact) mass is 266 g/mol. The third-order valence-electron chi connectivity index (χ3n) is 3.62. The van der Waals surface area contributed by atoms with E-state index < -0.39 is 0 Å². The Kier molecular flexibility index (Phi) is 4.55. The van der Waals surface area contributed by atoms with E-state index in [0.29, 0.717) is 25.3 Å². The molecule has 1 aliphatic heterocycles. The standard InChI is InChI=1S/C13H22N4O2/c1-8(2)9(3-4-18)17-13(19)11-5-10-12(6-14-11)16-7-15-10/h7-9,11,14,18H,3-6H2,1-2H3,(H,15,16)(H,17,19). The Morgan fingerprint density at radius 2 is 2.42 bits per heavy atom. The second-order valence-corrected chi connectivity index (χ2v) is 5.34. The predicted octanol–water partition coefficient (Wildman–Crippen LogP) is -0.0528. The number of rotatable bonds is 5. The number of amides is 1. The molecule has 2 rings (SSSR count). The molecule has 2 heterocycles. The maximum Gasteiger partial charge on any atom is 0.237 e. The Balaban J connectivity index is 1.93. The first-order valence-electron chi connectivity index (χ1n) is 6.77. The van der Waals surface area contributed by atoms with Gasteiger partial charge >= 0.3 is 0 Å². The van der Waals surface area contributed by atoms with E-state index in [1.54, 1.807) is 6.33 Å². The van der Waals surface area contributed by atoms with Gasteiger partial charge in [-0.15, -0.1) is 0 Å². The number of hydrogen-bond donors (Lipinski definition) is 4. The second-order valence-electron chi connectivity index (χ2n) is 5.34. The summed E-state index contributed by atoms with van der Waals surface area (Å²) >= 11 is 0. The highest BCUT2D eigenvalue weighted by molar-refractivity contribution is 5.82. The fourth-order valence-corrected chi connectivity index (χ4v) is 2.35. The van der Waals surface area contributed by atoms with Crippen molar-refractivity contribution in [3.05, 3.63) is 17.7 Å². The van der Waals surface area contributed by atoms with Crippen LogP contribution < -0.4 is 10.6 Å². The van der Waals surface area contributed by atoms with Gasteiger partial charge in [-0.3, -0.25) is 10.1 Å². The lowest BCUT2D eigenvalue weighted by Crippen LogP contribution is -2.51. The Hall–Kier alpha value is -1.40. The molecule has 4 N–H and O–H groups in total. The minimum Gasteiger partial charge on any atom is -0.396 e. The van der Waals surface area contributed by atoms with E-state index in [1.165, 1.54) is 0 Å². The van der Waals surface area contributed by atoms with Crippen LogP contribution in [-0.4, -0.2) is 39.7 Å². The number of H-pyrrole nitrogens is 1. The lowest BCUT2D eigenvalue weighted by Gasteiger charge is -2.27. The first kappa shape index (κ1) is 14.0. The molecule has 19 heavy (non-hydrogen) atoms. The third-order valence-corrected chi connectivity index (χ3v) is 3.62. The number of fused-ring (bicyclic) bond motifs is 1. The van der Waals surface area contributed by atoms with Crippen LogP contribution in [0.4, 0.5) is 0 Å². The summed E-state index contributed by atoms with van der Waals surface area (Å²) in [6.07, 6.45) is 2.85. The minimum atomic E-state index is -0.240. The van der Waals surface area contributed by atoms with Gasteiger partial charge in [-0.1, -0.05) is 13.8 Å². The Labute approximate surface area is 113 Å². The number of nitrogens with zero attached hydrogens (tertiary/aromatic N) is 1. The fraction of sp³-hybridized carbons (Fsp3) is 0.692. The van der Waals surface area contributed by atoms with Gasteiger partial charge in [-0.2, -0.15) is 0 Å². The molecule has 0 aromatic carbocycles. The SMILES string of the molecule is CC(C)C(CCO)NC(=O)C1Cc2nc[nH]c2CN1. The van der Waals surface area contributed by atoms with E-state index in [9.17, 15) is 4.79 Å². The van der Waals surface area contributed by atoms with Crippen molar-refractivity contribution in [3.63, 3.8) is 0 Å². The molecule has 1 amide bonds. The maximum atomic E-state index is 12.2. The molecule has 0 radical (unpaired) electrons. The van der Waals surface area contributed by atoms with Crippen molar-refractivity contribution in [1.82, 2.24) is 20.6 Å². The van der Waals surface area contributed by atoms with Gasteiger partial charge < -0.3 is 15.4 Å². The second kappa shape index (κ2) is 6.16. The number of hydrogen-bond acceptors (Lipinski definition) is 4. The molecule has 0 saturated carbocycles. The molecule has 0 fully saturated rings. The van der Waals surface area contributed by atoms with Gasteiger partial charge in [0, 0.05) is 25.6 Å². The summed E-state index contributed by atoms with van der Waals surface area (Å²) in [5.74, 6) is 0.293. The Bertz CT molecular complexity index is 430. The van der Waals surface area contributed by atoms with E-state index >= 15 is 0 Å². The van der Waals surface area contributed by atoms with E-state index in [2.05, 4.69) is 20.6 Å². The van der Waals surface area contributed by atoms with Gasteiger partial charge in [0.2, 0.25) is 5.91 Å². The number of carbonyl (C=O) groups is 1. The van der Waals surface area contributed by atoms with Crippen molar-refractivity contribution in [2.24, 2.45) is 5.92 Å². The van der Waals surface area contributed by atoms with Crippen molar-refractivity contribution in [1.29, 1.82) is 0 Å². The summed E-state index contributed by atoms with van der Waals surface area (Å²) in [7, 11) is 0. The molecule has 1 aromatic heterocycles. The van der Waals surface area contributed by atoms with Crippen molar-refractivity contribution in [2.45, 2.75) is 45.3 Å². The summed E-state index contributed by atoms with van der Waals surface area (Å²) < 4.78 is 0. The summed E-state index contributed by atoms with van der Waals surface area (Å²) in [6, 6.07) is -0.226. The summed E-state index contributed by atoms with van der Waals surface area (Å²) in [5.41, 5.74) is 2.02. The van der Waals surface area contributed by atoms with Crippen molar-refractivity contribution >= 4 is 5.91 Å². The van der Waals surface area contributed by atoms with Gasteiger partial charge in [0.05, 0.1) is 23.8 Å². The highest BCUT2D eigenvalue weighted by Crippen LogP contribution is 2.13. The van der Waals surface area contributed by atoms with Crippen LogP contribution in [0.3, 0.4) is 0 Å². The molecule has 2 unspecified atom stereocenters. The summed E-state index contributed by atoms with van der Waals surface area (Å²) in [6.45, 7) is 4.81. The number of aliphatic hydroxyl groups is 1. The molecule has 0 bridgehead atoms. The van der Waals surface area contributed by atoms with Gasteiger partial charge in [0.15, 0.2) is 0 Å². The van der Waals surface area contributed by atoms with Crippen molar-refractivity contribution in [2.75, 3.05) is 6.61 Å². The molecule has 2 atom stereocenters. The molecular weight excluding hydrogens is 244 g/mol. The van der Waals surface area contributed by atoms with Gasteiger partial charge in [-0.25, -0.2) is 4.98 Å². The van der Waals surface area contributed by atoms with Crippen molar-refractivity contribution < 1.29 is 9.90 Å². The van der Waals surface area contributed by atoms with Gasteiger partial charge in [0.25, 0.3) is 0 Å². The number of aromatic amines is 1. The highest BCUT2D eigenvalue weighted by atomic mass is 16.3. The smallest absolute Gasteiger partial charge is 0.237 e. The van der Waals surface area contributed by atoms with E-state index in [4.69, 9.17) is 5.11 Å². The van der Waals surface area contributed by atoms with Crippen LogP contribution in [0.15, 0.2) is 6.33 Å².